The molecular formula is C15H23N5. The Balaban J connectivity index is 1.73. The Morgan fingerprint density at radius 1 is 1.45 bits per heavy atom. The van der Waals surface area contributed by atoms with Gasteiger partial charge in [0.25, 0.3) is 0 Å². The second-order valence-electron chi connectivity index (χ2n) is 5.72. The molecule has 0 aromatic carbocycles. The third-order valence-corrected chi connectivity index (χ3v) is 4.45. The van der Waals surface area contributed by atoms with Gasteiger partial charge in [0, 0.05) is 37.7 Å². The molecule has 3 heterocycles. The summed E-state index contributed by atoms with van der Waals surface area (Å²) in [5.41, 5.74) is 7.04. The normalized spacial score (nSPS) is 24.3. The maximum absolute atomic E-state index is 5.96. The Bertz CT molecular complexity index is 531. The van der Waals surface area contributed by atoms with Crippen LogP contribution in [0.5, 0.6) is 0 Å². The average molecular weight is 273 g/mol. The number of fused-ring (bicyclic) bond motifs is 1. The van der Waals surface area contributed by atoms with Gasteiger partial charge in [-0.05, 0) is 31.4 Å². The first kappa shape index (κ1) is 13.5. The predicted molar refractivity (Wildman–Crippen MR) is 79.3 cm³/mol. The van der Waals surface area contributed by atoms with Crippen molar-refractivity contribution in [3.05, 3.63) is 30.4 Å². The van der Waals surface area contributed by atoms with Gasteiger partial charge in [0.15, 0.2) is 0 Å². The van der Waals surface area contributed by atoms with E-state index in [0.29, 0.717) is 6.04 Å². The molecule has 2 atom stereocenters. The first-order valence-corrected chi connectivity index (χ1v) is 7.53. The van der Waals surface area contributed by atoms with E-state index in [-0.39, 0.29) is 0 Å². The Hall–Kier alpha value is -1.46. The van der Waals surface area contributed by atoms with Crippen LogP contribution < -0.4 is 5.73 Å². The van der Waals surface area contributed by atoms with E-state index in [1.807, 2.05) is 16.7 Å². The summed E-state index contributed by atoms with van der Waals surface area (Å²) in [6.07, 6.45) is 9.60. The van der Waals surface area contributed by atoms with Crippen LogP contribution >= 0.6 is 0 Å². The highest BCUT2D eigenvalue weighted by atomic mass is 15.2. The maximum Gasteiger partial charge on any atom is 0.233 e. The van der Waals surface area contributed by atoms with Crippen LogP contribution in [0.15, 0.2) is 24.7 Å². The molecule has 0 aliphatic carbocycles. The SMILES string of the molecule is CCC1CCN(Cc2cn3cccnc3n2)C(CN)C1. The molecule has 108 valence electrons. The first-order valence-electron chi connectivity index (χ1n) is 7.53. The Labute approximate surface area is 119 Å². The zero-order valence-electron chi connectivity index (χ0n) is 12.1. The summed E-state index contributed by atoms with van der Waals surface area (Å²) in [4.78, 5) is 11.3. The van der Waals surface area contributed by atoms with Crippen molar-refractivity contribution in [2.75, 3.05) is 13.1 Å². The molecule has 5 heteroatoms. The van der Waals surface area contributed by atoms with Gasteiger partial charge < -0.3 is 5.73 Å². The summed E-state index contributed by atoms with van der Waals surface area (Å²) < 4.78 is 1.98. The van der Waals surface area contributed by atoms with E-state index < -0.39 is 0 Å². The molecule has 0 radical (unpaired) electrons. The highest BCUT2D eigenvalue weighted by molar-refractivity contribution is 5.29. The van der Waals surface area contributed by atoms with E-state index in [4.69, 9.17) is 5.73 Å². The van der Waals surface area contributed by atoms with E-state index >= 15 is 0 Å². The van der Waals surface area contributed by atoms with Crippen molar-refractivity contribution in [2.24, 2.45) is 11.7 Å². The second kappa shape index (κ2) is 5.89. The molecule has 0 amide bonds. The first-order chi connectivity index (χ1) is 9.80. The minimum atomic E-state index is 0.492. The molecule has 3 rings (SSSR count). The van der Waals surface area contributed by atoms with Crippen LogP contribution in [0.4, 0.5) is 0 Å². The fourth-order valence-electron chi connectivity index (χ4n) is 3.17. The van der Waals surface area contributed by atoms with Crippen molar-refractivity contribution >= 4 is 5.78 Å². The number of rotatable bonds is 4. The van der Waals surface area contributed by atoms with Gasteiger partial charge in [-0.1, -0.05) is 13.3 Å². The number of likely N-dealkylation sites (tertiary alicyclic amines) is 1. The summed E-state index contributed by atoms with van der Waals surface area (Å²) in [5, 5.41) is 0. The summed E-state index contributed by atoms with van der Waals surface area (Å²) in [6.45, 7) is 5.02. The van der Waals surface area contributed by atoms with E-state index in [1.165, 1.54) is 19.3 Å². The second-order valence-corrected chi connectivity index (χ2v) is 5.72. The molecule has 0 spiro atoms. The van der Waals surface area contributed by atoms with Crippen molar-refractivity contribution in [3.63, 3.8) is 0 Å². The Kier molecular flexibility index (Phi) is 3.98. The predicted octanol–water partition coefficient (Wildman–Crippen LogP) is 1.68. The summed E-state index contributed by atoms with van der Waals surface area (Å²) in [6, 6.07) is 2.42. The van der Waals surface area contributed by atoms with Crippen molar-refractivity contribution in [1.29, 1.82) is 0 Å². The lowest BCUT2D eigenvalue weighted by Gasteiger charge is -2.38. The van der Waals surface area contributed by atoms with Crippen molar-refractivity contribution in [1.82, 2.24) is 19.3 Å². The number of hydrogen-bond acceptors (Lipinski definition) is 4. The van der Waals surface area contributed by atoms with E-state index in [9.17, 15) is 0 Å². The van der Waals surface area contributed by atoms with Gasteiger partial charge in [0.05, 0.1) is 5.69 Å². The monoisotopic (exact) mass is 273 g/mol. The minimum absolute atomic E-state index is 0.492. The summed E-state index contributed by atoms with van der Waals surface area (Å²) in [7, 11) is 0. The molecule has 2 unspecified atom stereocenters. The van der Waals surface area contributed by atoms with Crippen molar-refractivity contribution in [2.45, 2.75) is 38.8 Å². The zero-order chi connectivity index (χ0) is 13.9. The topological polar surface area (TPSA) is 59.5 Å². The molecule has 1 saturated heterocycles. The van der Waals surface area contributed by atoms with Crippen molar-refractivity contribution < 1.29 is 0 Å². The number of piperidine rings is 1. The number of imidazole rings is 1. The average Bonchev–Trinajstić information content (AvgIpc) is 2.90. The molecule has 0 saturated carbocycles. The van der Waals surface area contributed by atoms with E-state index in [1.54, 1.807) is 6.20 Å². The molecule has 1 aliphatic rings. The minimum Gasteiger partial charge on any atom is -0.329 e. The van der Waals surface area contributed by atoms with Crippen LogP contribution in [0.2, 0.25) is 0 Å². The van der Waals surface area contributed by atoms with E-state index in [0.717, 1.165) is 37.0 Å². The number of nitrogens with zero attached hydrogens (tertiary/aromatic N) is 4. The highest BCUT2D eigenvalue weighted by Gasteiger charge is 2.27. The fraction of sp³-hybridized carbons (Fsp3) is 0.600. The number of hydrogen-bond donors (Lipinski definition) is 1. The zero-order valence-corrected chi connectivity index (χ0v) is 12.1. The molecule has 1 aliphatic heterocycles. The molecule has 0 bridgehead atoms. The smallest absolute Gasteiger partial charge is 0.233 e. The number of aromatic nitrogens is 3. The van der Waals surface area contributed by atoms with Gasteiger partial charge in [0.1, 0.15) is 0 Å². The van der Waals surface area contributed by atoms with Gasteiger partial charge >= 0.3 is 0 Å². The van der Waals surface area contributed by atoms with Crippen molar-refractivity contribution in [3.8, 4) is 0 Å². The van der Waals surface area contributed by atoms with Crippen LogP contribution in [-0.4, -0.2) is 38.4 Å². The maximum atomic E-state index is 5.96. The lowest BCUT2D eigenvalue weighted by atomic mass is 9.89. The Morgan fingerprint density at radius 3 is 3.10 bits per heavy atom. The van der Waals surface area contributed by atoms with Crippen LogP contribution in [0.25, 0.3) is 5.78 Å². The van der Waals surface area contributed by atoms with Crippen LogP contribution in [0.1, 0.15) is 31.9 Å². The lowest BCUT2D eigenvalue weighted by molar-refractivity contribution is 0.106. The largest absolute Gasteiger partial charge is 0.329 e. The van der Waals surface area contributed by atoms with Crippen LogP contribution in [0, 0.1) is 5.92 Å². The van der Waals surface area contributed by atoms with Gasteiger partial charge in [-0.15, -0.1) is 0 Å². The molecule has 1 fully saturated rings. The fourth-order valence-corrected chi connectivity index (χ4v) is 3.17. The number of nitrogens with two attached hydrogens (primary N) is 1. The van der Waals surface area contributed by atoms with Gasteiger partial charge in [0.2, 0.25) is 5.78 Å². The third-order valence-electron chi connectivity index (χ3n) is 4.45. The van der Waals surface area contributed by atoms with E-state index in [2.05, 4.69) is 28.0 Å². The standard InChI is InChI=1S/C15H23N5/c1-2-12-4-7-19(14(8-12)9-16)10-13-11-20-6-3-5-17-15(20)18-13/h3,5-6,11-12,14H,2,4,7-10,16H2,1H3. The molecule has 2 N–H and O–H groups in total. The molecule has 20 heavy (non-hydrogen) atoms. The molecule has 2 aromatic heterocycles. The highest BCUT2D eigenvalue weighted by Crippen LogP contribution is 2.26. The Morgan fingerprint density at radius 2 is 2.35 bits per heavy atom. The van der Waals surface area contributed by atoms with Gasteiger partial charge in [-0.25, -0.2) is 9.97 Å². The summed E-state index contributed by atoms with van der Waals surface area (Å²) >= 11 is 0. The molecule has 2 aromatic rings. The third kappa shape index (κ3) is 2.69. The summed E-state index contributed by atoms with van der Waals surface area (Å²) in [5.74, 6) is 1.61. The van der Waals surface area contributed by atoms with Gasteiger partial charge in [-0.2, -0.15) is 0 Å². The van der Waals surface area contributed by atoms with Crippen LogP contribution in [-0.2, 0) is 6.54 Å². The lowest BCUT2D eigenvalue weighted by Crippen LogP contribution is -2.46. The van der Waals surface area contributed by atoms with Crippen LogP contribution in [0.3, 0.4) is 0 Å². The van der Waals surface area contributed by atoms with Gasteiger partial charge in [-0.3, -0.25) is 9.30 Å². The quantitative estimate of drug-likeness (QED) is 0.920. The molecule has 5 nitrogen and oxygen atoms in total. The molecular weight excluding hydrogens is 250 g/mol.